The van der Waals surface area contributed by atoms with Crippen molar-refractivity contribution in [2.75, 3.05) is 0 Å². The number of fused-ring (bicyclic) bond motifs is 2. The third kappa shape index (κ3) is 1.53. The summed E-state index contributed by atoms with van der Waals surface area (Å²) >= 11 is 3.52. The first kappa shape index (κ1) is 9.82. The first-order chi connectivity index (χ1) is 7.25. The van der Waals surface area contributed by atoms with Crippen molar-refractivity contribution in [2.24, 2.45) is 5.73 Å². The van der Waals surface area contributed by atoms with Gasteiger partial charge in [-0.1, -0.05) is 28.1 Å². The van der Waals surface area contributed by atoms with E-state index in [1.165, 1.54) is 18.4 Å². The van der Waals surface area contributed by atoms with Crippen molar-refractivity contribution in [3.8, 4) is 0 Å². The van der Waals surface area contributed by atoms with Crippen molar-refractivity contribution in [2.45, 2.75) is 36.9 Å². The van der Waals surface area contributed by atoms with Crippen LogP contribution in [0.5, 0.6) is 0 Å². The molecule has 80 valence electrons. The van der Waals surface area contributed by atoms with Crippen LogP contribution in [-0.2, 0) is 0 Å². The van der Waals surface area contributed by atoms with Gasteiger partial charge < -0.3 is 11.1 Å². The third-order valence-corrected chi connectivity index (χ3v) is 4.26. The van der Waals surface area contributed by atoms with Gasteiger partial charge in [0, 0.05) is 28.5 Å². The molecule has 4 atom stereocenters. The lowest BCUT2D eigenvalue weighted by Crippen LogP contribution is -2.38. The molecule has 1 aromatic carbocycles. The fourth-order valence-electron chi connectivity index (χ4n) is 3.07. The molecule has 2 bridgehead atoms. The molecular weight excluding hydrogens is 252 g/mol. The van der Waals surface area contributed by atoms with Crippen molar-refractivity contribution in [3.05, 3.63) is 34.3 Å². The van der Waals surface area contributed by atoms with Gasteiger partial charge in [0.2, 0.25) is 0 Å². The Balaban J connectivity index is 1.94. The molecule has 0 aromatic heterocycles. The van der Waals surface area contributed by atoms with E-state index in [0.29, 0.717) is 18.0 Å². The smallest absolute Gasteiger partial charge is 0.0279 e. The molecule has 2 aliphatic rings. The van der Waals surface area contributed by atoms with Gasteiger partial charge in [0.25, 0.3) is 0 Å². The molecule has 4 unspecified atom stereocenters. The maximum Gasteiger partial charge on any atom is 0.0279 e. The van der Waals surface area contributed by atoms with E-state index in [1.807, 2.05) is 0 Å². The number of rotatable bonds is 1. The highest BCUT2D eigenvalue weighted by Crippen LogP contribution is 2.39. The van der Waals surface area contributed by atoms with E-state index >= 15 is 0 Å². The minimum absolute atomic E-state index is 0.290. The van der Waals surface area contributed by atoms with Crippen LogP contribution in [0.4, 0.5) is 0 Å². The van der Waals surface area contributed by atoms with Crippen LogP contribution in [0, 0.1) is 0 Å². The Morgan fingerprint density at radius 3 is 2.73 bits per heavy atom. The standard InChI is InChI=1S/C12H15BrN2/c13-8-3-1-2-7(6-8)11-9-4-5-10(15-9)12(11)14/h1-3,6,9-12,15H,4-5,14H2. The first-order valence-corrected chi connectivity index (χ1v) is 6.32. The summed E-state index contributed by atoms with van der Waals surface area (Å²) in [7, 11) is 0. The van der Waals surface area contributed by atoms with Crippen molar-refractivity contribution >= 4 is 15.9 Å². The fourth-order valence-corrected chi connectivity index (χ4v) is 3.49. The van der Waals surface area contributed by atoms with Crippen molar-refractivity contribution in [3.63, 3.8) is 0 Å². The predicted molar refractivity (Wildman–Crippen MR) is 64.8 cm³/mol. The molecule has 0 spiro atoms. The molecule has 3 heteroatoms. The highest BCUT2D eigenvalue weighted by atomic mass is 79.9. The van der Waals surface area contributed by atoms with E-state index in [-0.39, 0.29) is 6.04 Å². The molecule has 2 fully saturated rings. The third-order valence-electron chi connectivity index (χ3n) is 3.76. The molecule has 2 saturated heterocycles. The van der Waals surface area contributed by atoms with Crippen LogP contribution in [0.15, 0.2) is 28.7 Å². The van der Waals surface area contributed by atoms with Crippen LogP contribution in [0.25, 0.3) is 0 Å². The fraction of sp³-hybridized carbons (Fsp3) is 0.500. The van der Waals surface area contributed by atoms with Crippen LogP contribution in [-0.4, -0.2) is 18.1 Å². The number of hydrogen-bond donors (Lipinski definition) is 2. The van der Waals surface area contributed by atoms with E-state index in [1.54, 1.807) is 0 Å². The van der Waals surface area contributed by atoms with Gasteiger partial charge in [0.15, 0.2) is 0 Å². The van der Waals surface area contributed by atoms with Crippen LogP contribution in [0.2, 0.25) is 0 Å². The van der Waals surface area contributed by atoms with Gasteiger partial charge in [-0.05, 0) is 30.5 Å². The van der Waals surface area contributed by atoms with Crippen molar-refractivity contribution in [1.29, 1.82) is 0 Å². The zero-order valence-corrected chi connectivity index (χ0v) is 10.1. The summed E-state index contributed by atoms with van der Waals surface area (Å²) in [5.41, 5.74) is 7.64. The van der Waals surface area contributed by atoms with Gasteiger partial charge in [-0.15, -0.1) is 0 Å². The van der Waals surface area contributed by atoms with Crippen molar-refractivity contribution < 1.29 is 0 Å². The zero-order chi connectivity index (χ0) is 10.4. The molecule has 2 nitrogen and oxygen atoms in total. The quantitative estimate of drug-likeness (QED) is 0.816. The monoisotopic (exact) mass is 266 g/mol. The summed E-state index contributed by atoms with van der Waals surface area (Å²) in [6, 6.07) is 9.98. The number of hydrogen-bond acceptors (Lipinski definition) is 2. The summed E-state index contributed by atoms with van der Waals surface area (Å²) in [5.74, 6) is 0.501. The van der Waals surface area contributed by atoms with E-state index < -0.39 is 0 Å². The topological polar surface area (TPSA) is 38.0 Å². The lowest BCUT2D eigenvalue weighted by Gasteiger charge is -2.26. The molecule has 0 amide bonds. The van der Waals surface area contributed by atoms with Gasteiger partial charge >= 0.3 is 0 Å². The largest absolute Gasteiger partial charge is 0.326 e. The molecule has 15 heavy (non-hydrogen) atoms. The van der Waals surface area contributed by atoms with Crippen LogP contribution in [0.1, 0.15) is 24.3 Å². The Morgan fingerprint density at radius 1 is 1.27 bits per heavy atom. The lowest BCUT2D eigenvalue weighted by molar-refractivity contribution is 0.444. The van der Waals surface area contributed by atoms with Crippen LogP contribution < -0.4 is 11.1 Å². The SMILES string of the molecule is NC1C2CCC(N2)C1c1cccc(Br)c1. The van der Waals surface area contributed by atoms with Crippen LogP contribution in [0.3, 0.4) is 0 Å². The molecule has 3 rings (SSSR count). The van der Waals surface area contributed by atoms with E-state index in [0.717, 1.165) is 4.47 Å². The maximum atomic E-state index is 6.27. The van der Waals surface area contributed by atoms with E-state index in [4.69, 9.17) is 5.73 Å². The van der Waals surface area contributed by atoms with Crippen LogP contribution >= 0.6 is 15.9 Å². The first-order valence-electron chi connectivity index (χ1n) is 5.53. The number of benzene rings is 1. The Morgan fingerprint density at radius 2 is 2.07 bits per heavy atom. The van der Waals surface area contributed by atoms with Gasteiger partial charge in [0.05, 0.1) is 0 Å². The number of halogens is 1. The highest BCUT2D eigenvalue weighted by molar-refractivity contribution is 9.10. The molecular formula is C12H15BrN2. The Bertz CT molecular complexity index is 378. The Kier molecular flexibility index (Phi) is 2.34. The zero-order valence-electron chi connectivity index (χ0n) is 8.49. The van der Waals surface area contributed by atoms with E-state index in [9.17, 15) is 0 Å². The second-order valence-electron chi connectivity index (χ2n) is 4.62. The second-order valence-corrected chi connectivity index (χ2v) is 5.53. The lowest BCUT2D eigenvalue weighted by atomic mass is 9.80. The highest BCUT2D eigenvalue weighted by Gasteiger charge is 2.45. The summed E-state index contributed by atoms with van der Waals surface area (Å²) in [6.45, 7) is 0. The minimum Gasteiger partial charge on any atom is -0.326 e. The maximum absolute atomic E-state index is 6.27. The van der Waals surface area contributed by atoms with Gasteiger partial charge in [0.1, 0.15) is 0 Å². The summed E-state index contributed by atoms with van der Waals surface area (Å²) in [5, 5.41) is 3.61. The average molecular weight is 267 g/mol. The second kappa shape index (κ2) is 3.58. The molecule has 2 heterocycles. The van der Waals surface area contributed by atoms with Gasteiger partial charge in [-0.25, -0.2) is 0 Å². The molecule has 2 aliphatic heterocycles. The Labute approximate surface area is 98.4 Å². The molecule has 0 radical (unpaired) electrons. The normalized spacial score (nSPS) is 38.5. The molecule has 3 N–H and O–H groups in total. The number of nitrogens with one attached hydrogen (secondary N) is 1. The average Bonchev–Trinajstić information content (AvgIpc) is 2.77. The van der Waals surface area contributed by atoms with Gasteiger partial charge in [-0.2, -0.15) is 0 Å². The molecule has 1 aromatic rings. The van der Waals surface area contributed by atoms with Crippen molar-refractivity contribution in [1.82, 2.24) is 5.32 Å². The molecule has 0 aliphatic carbocycles. The summed E-state index contributed by atoms with van der Waals surface area (Å²) in [6.07, 6.45) is 2.52. The van der Waals surface area contributed by atoms with E-state index in [2.05, 4.69) is 45.5 Å². The predicted octanol–water partition coefficient (Wildman–Crippen LogP) is 1.99. The molecule has 0 saturated carbocycles. The summed E-state index contributed by atoms with van der Waals surface area (Å²) in [4.78, 5) is 0. The summed E-state index contributed by atoms with van der Waals surface area (Å²) < 4.78 is 1.15. The number of nitrogens with two attached hydrogens (primary N) is 1. The Hall–Kier alpha value is -0.380. The minimum atomic E-state index is 0.290. The van der Waals surface area contributed by atoms with Gasteiger partial charge in [-0.3, -0.25) is 0 Å².